The highest BCUT2D eigenvalue weighted by Gasteiger charge is 2.45. The summed E-state index contributed by atoms with van der Waals surface area (Å²) in [6.07, 6.45) is -1.20. The van der Waals surface area contributed by atoms with Gasteiger partial charge in [0.2, 0.25) is 0 Å². The Labute approximate surface area is 143 Å². The summed E-state index contributed by atoms with van der Waals surface area (Å²) in [7, 11) is 0. The minimum Gasteiger partial charge on any atom is -0.465 e. The molecule has 1 aliphatic rings. The van der Waals surface area contributed by atoms with Gasteiger partial charge in [0.15, 0.2) is 11.4 Å². The molecule has 1 saturated heterocycles. The number of halogens is 1. The lowest BCUT2D eigenvalue weighted by Crippen LogP contribution is -2.72. The molecule has 1 unspecified atom stereocenters. The zero-order valence-electron chi connectivity index (χ0n) is 13.1. The molecule has 24 heavy (non-hydrogen) atoms. The summed E-state index contributed by atoms with van der Waals surface area (Å²) in [5.74, 6) is 0.226. The van der Waals surface area contributed by atoms with Crippen molar-refractivity contribution in [3.05, 3.63) is 35.4 Å². The molecule has 1 aliphatic heterocycles. The molecule has 1 atom stereocenters. The number of nitrogens with zero attached hydrogens (tertiary/aromatic N) is 3. The molecule has 1 fully saturated rings. The highest BCUT2D eigenvalue weighted by molar-refractivity contribution is 6.35. The van der Waals surface area contributed by atoms with Crippen molar-refractivity contribution in [2.45, 2.75) is 12.6 Å². The number of nitrogens with two attached hydrogens (primary N) is 1. The first-order chi connectivity index (χ1) is 11.3. The second kappa shape index (κ2) is 5.92. The summed E-state index contributed by atoms with van der Waals surface area (Å²) in [4.78, 5) is 30.7. The fraction of sp³-hybridized carbons (Fsp3) is 0.312. The van der Waals surface area contributed by atoms with Crippen LogP contribution in [0.4, 0.5) is 10.6 Å². The van der Waals surface area contributed by atoms with E-state index in [1.807, 2.05) is 23.1 Å². The molecule has 2 aromatic rings. The molecular formula is C16H17ClN4O3. The number of Topliss-reactive ketones (excluding diaryl/α,β-unsaturated/α-hetero) is 1. The predicted molar refractivity (Wildman–Crippen MR) is 91.3 cm³/mol. The number of hydrogen-bond acceptors (Lipinski definition) is 5. The third kappa shape index (κ3) is 2.65. The van der Waals surface area contributed by atoms with E-state index < -0.39 is 17.5 Å². The van der Waals surface area contributed by atoms with E-state index in [9.17, 15) is 14.7 Å². The monoisotopic (exact) mass is 348 g/mol. The minimum atomic E-state index is -1.59. The fourth-order valence-corrected chi connectivity index (χ4v) is 3.15. The highest BCUT2D eigenvalue weighted by Crippen LogP contribution is 2.27. The van der Waals surface area contributed by atoms with Crippen LogP contribution < -0.4 is 10.6 Å². The fourth-order valence-electron chi connectivity index (χ4n) is 2.92. The molecule has 1 amide bonds. The molecule has 0 spiro atoms. The minimum absolute atomic E-state index is 0.0493. The number of aromatic nitrogens is 1. The summed E-state index contributed by atoms with van der Waals surface area (Å²) in [6, 6.07) is 9.10. The van der Waals surface area contributed by atoms with Gasteiger partial charge in [-0.1, -0.05) is 17.7 Å². The maximum absolute atomic E-state index is 12.0. The van der Waals surface area contributed by atoms with Crippen LogP contribution in [0.3, 0.4) is 0 Å². The van der Waals surface area contributed by atoms with Crippen LogP contribution in [0.1, 0.15) is 6.92 Å². The molecular weight excluding hydrogens is 332 g/mol. The van der Waals surface area contributed by atoms with E-state index in [0.717, 1.165) is 15.8 Å². The van der Waals surface area contributed by atoms with Crippen molar-refractivity contribution in [2.75, 3.05) is 24.5 Å². The smallest absolute Gasteiger partial charge is 0.409 e. The number of benzene rings is 1. The molecule has 7 nitrogen and oxygen atoms in total. The third-order valence-corrected chi connectivity index (χ3v) is 4.67. The molecule has 0 bridgehead atoms. The van der Waals surface area contributed by atoms with Gasteiger partial charge in [-0.15, -0.1) is 0 Å². The number of pyridine rings is 1. The SMILES string of the molecule is CC(=O)C1(N)CN(c2ccc3c(Cl)cccc3n2)CCN1C(=O)O. The molecule has 0 radical (unpaired) electrons. The molecule has 126 valence electrons. The van der Waals surface area contributed by atoms with Gasteiger partial charge in [-0.25, -0.2) is 9.78 Å². The summed E-state index contributed by atoms with van der Waals surface area (Å²) in [6.45, 7) is 1.87. The maximum atomic E-state index is 12.0. The van der Waals surface area contributed by atoms with Crippen molar-refractivity contribution in [3.8, 4) is 0 Å². The van der Waals surface area contributed by atoms with Gasteiger partial charge in [0, 0.05) is 23.5 Å². The Kier molecular flexibility index (Phi) is 4.06. The van der Waals surface area contributed by atoms with Gasteiger partial charge in [0.25, 0.3) is 0 Å². The number of ketones is 1. The zero-order valence-corrected chi connectivity index (χ0v) is 13.8. The van der Waals surface area contributed by atoms with Gasteiger partial charge in [0.05, 0.1) is 12.1 Å². The Morgan fingerprint density at radius 3 is 2.71 bits per heavy atom. The standard InChI is InChI=1S/C16H17ClN4O3/c1-10(22)16(18)9-20(7-8-21(16)15(23)24)14-6-5-11-12(17)3-2-4-13(11)19-14/h2-6H,7-9,18H2,1H3,(H,23,24). The van der Waals surface area contributed by atoms with Crippen LogP contribution in [0.25, 0.3) is 10.9 Å². The molecule has 1 aromatic carbocycles. The maximum Gasteiger partial charge on any atom is 0.409 e. The Hall–Kier alpha value is -2.38. The Morgan fingerprint density at radius 2 is 2.04 bits per heavy atom. The van der Waals surface area contributed by atoms with Crippen molar-refractivity contribution in [1.29, 1.82) is 0 Å². The van der Waals surface area contributed by atoms with E-state index >= 15 is 0 Å². The number of fused-ring (bicyclic) bond motifs is 1. The van der Waals surface area contributed by atoms with Crippen LogP contribution in [0.15, 0.2) is 30.3 Å². The van der Waals surface area contributed by atoms with E-state index in [-0.39, 0.29) is 13.1 Å². The van der Waals surface area contributed by atoms with Crippen molar-refractivity contribution >= 4 is 40.2 Å². The molecule has 0 saturated carbocycles. The number of amides is 1. The molecule has 1 aromatic heterocycles. The van der Waals surface area contributed by atoms with Gasteiger partial charge < -0.3 is 15.7 Å². The summed E-state index contributed by atoms with van der Waals surface area (Å²) in [5.41, 5.74) is 5.26. The number of carbonyl (C=O) groups excluding carboxylic acids is 1. The molecule has 3 rings (SSSR count). The lowest BCUT2D eigenvalue weighted by atomic mass is 10.0. The van der Waals surface area contributed by atoms with Gasteiger partial charge in [-0.3, -0.25) is 9.69 Å². The number of piperazine rings is 1. The highest BCUT2D eigenvalue weighted by atomic mass is 35.5. The van der Waals surface area contributed by atoms with Crippen LogP contribution in [0.5, 0.6) is 0 Å². The van der Waals surface area contributed by atoms with Gasteiger partial charge >= 0.3 is 6.09 Å². The number of rotatable bonds is 2. The van der Waals surface area contributed by atoms with Crippen LogP contribution in [-0.2, 0) is 4.79 Å². The second-order valence-electron chi connectivity index (χ2n) is 5.81. The number of carboxylic acid groups (broad SMARTS) is 1. The van der Waals surface area contributed by atoms with Crippen molar-refractivity contribution in [3.63, 3.8) is 0 Å². The summed E-state index contributed by atoms with van der Waals surface area (Å²) >= 11 is 6.15. The largest absolute Gasteiger partial charge is 0.465 e. The summed E-state index contributed by atoms with van der Waals surface area (Å²) < 4.78 is 0. The lowest BCUT2D eigenvalue weighted by Gasteiger charge is -2.45. The first-order valence-corrected chi connectivity index (χ1v) is 7.81. The van der Waals surface area contributed by atoms with Gasteiger partial charge in [0.1, 0.15) is 5.82 Å². The quantitative estimate of drug-likeness (QED) is 0.860. The molecule has 2 heterocycles. The van der Waals surface area contributed by atoms with E-state index in [2.05, 4.69) is 4.98 Å². The predicted octanol–water partition coefficient (Wildman–Crippen LogP) is 1.93. The van der Waals surface area contributed by atoms with Crippen molar-refractivity contribution in [1.82, 2.24) is 9.88 Å². The normalized spacial score (nSPS) is 21.1. The van der Waals surface area contributed by atoms with E-state index in [4.69, 9.17) is 17.3 Å². The van der Waals surface area contributed by atoms with E-state index in [1.165, 1.54) is 6.92 Å². The molecule has 3 N–H and O–H groups in total. The number of hydrogen-bond donors (Lipinski definition) is 2. The second-order valence-corrected chi connectivity index (χ2v) is 6.22. The Bertz CT molecular complexity index is 828. The van der Waals surface area contributed by atoms with E-state index in [1.54, 1.807) is 12.1 Å². The van der Waals surface area contributed by atoms with Gasteiger partial charge in [-0.2, -0.15) is 0 Å². The van der Waals surface area contributed by atoms with Crippen LogP contribution in [0, 0.1) is 0 Å². The van der Waals surface area contributed by atoms with Crippen LogP contribution in [0.2, 0.25) is 5.02 Å². The topological polar surface area (TPSA) is 99.8 Å². The molecule has 0 aliphatic carbocycles. The third-order valence-electron chi connectivity index (χ3n) is 4.34. The number of carbonyl (C=O) groups is 2. The Morgan fingerprint density at radius 1 is 1.29 bits per heavy atom. The van der Waals surface area contributed by atoms with Crippen LogP contribution >= 0.6 is 11.6 Å². The Balaban J connectivity index is 1.96. The van der Waals surface area contributed by atoms with Gasteiger partial charge in [-0.05, 0) is 31.2 Å². The first kappa shape index (κ1) is 16.5. The average molecular weight is 349 g/mol. The van der Waals surface area contributed by atoms with Crippen molar-refractivity contribution in [2.24, 2.45) is 5.73 Å². The first-order valence-electron chi connectivity index (χ1n) is 7.43. The zero-order chi connectivity index (χ0) is 17.5. The van der Waals surface area contributed by atoms with E-state index in [0.29, 0.717) is 17.4 Å². The molecule has 8 heteroatoms. The van der Waals surface area contributed by atoms with Crippen molar-refractivity contribution < 1.29 is 14.7 Å². The summed E-state index contributed by atoms with van der Waals surface area (Å²) in [5, 5.41) is 10.7. The lowest BCUT2D eigenvalue weighted by molar-refractivity contribution is -0.128. The number of anilines is 1. The average Bonchev–Trinajstić information content (AvgIpc) is 2.54. The van der Waals surface area contributed by atoms with Crippen LogP contribution in [-0.4, -0.2) is 52.2 Å².